The van der Waals surface area contributed by atoms with Gasteiger partial charge in [0.15, 0.2) is 0 Å². The molecule has 9 rings (SSSR count). The largest absolute Gasteiger partial charge is 0.456 e. The van der Waals surface area contributed by atoms with Gasteiger partial charge in [0.25, 0.3) is 0 Å². The fourth-order valence-corrected chi connectivity index (χ4v) is 7.50. The summed E-state index contributed by atoms with van der Waals surface area (Å²) in [5.74, 6) is 0. The Morgan fingerprint density at radius 1 is 0.383 bits per heavy atom. The SMILES string of the molecule is c1ccc(Nc2cc(Nc3ccccc3)cc(N(c3ccc4oc5ccccc5c4c3)c3ccc4sc5ccccc5c4c3)c2)cc1. The minimum absolute atomic E-state index is 0.875. The molecule has 2 aromatic heterocycles. The van der Waals surface area contributed by atoms with E-state index < -0.39 is 0 Å². The molecule has 0 unspecified atom stereocenters. The van der Waals surface area contributed by atoms with Crippen LogP contribution in [0.3, 0.4) is 0 Å². The van der Waals surface area contributed by atoms with E-state index in [9.17, 15) is 0 Å². The van der Waals surface area contributed by atoms with Crippen LogP contribution >= 0.6 is 11.3 Å². The van der Waals surface area contributed by atoms with E-state index in [0.29, 0.717) is 0 Å². The Hall–Kier alpha value is -6.04. The molecule has 0 bridgehead atoms. The summed E-state index contributed by atoms with van der Waals surface area (Å²) in [4.78, 5) is 2.35. The third-order valence-electron chi connectivity index (χ3n) is 8.54. The van der Waals surface area contributed by atoms with Gasteiger partial charge in [0.05, 0.1) is 5.69 Å². The Morgan fingerprint density at radius 3 is 1.66 bits per heavy atom. The quantitative estimate of drug-likeness (QED) is 0.185. The fourth-order valence-electron chi connectivity index (χ4n) is 6.41. The molecule has 0 saturated heterocycles. The summed E-state index contributed by atoms with van der Waals surface area (Å²) in [6.45, 7) is 0. The molecule has 0 amide bonds. The van der Waals surface area contributed by atoms with Gasteiger partial charge in [-0.05, 0) is 91.0 Å². The molecule has 7 aromatic carbocycles. The van der Waals surface area contributed by atoms with Crippen LogP contribution in [0.2, 0.25) is 0 Å². The zero-order chi connectivity index (χ0) is 31.2. The second-order valence-electron chi connectivity index (χ2n) is 11.6. The van der Waals surface area contributed by atoms with E-state index in [0.717, 1.165) is 61.8 Å². The van der Waals surface area contributed by atoms with Crippen LogP contribution in [-0.4, -0.2) is 0 Å². The summed E-state index contributed by atoms with van der Waals surface area (Å²) in [6.07, 6.45) is 0. The molecule has 2 heterocycles. The third-order valence-corrected chi connectivity index (χ3v) is 9.69. The average molecular weight is 624 g/mol. The first-order chi connectivity index (χ1) is 23.2. The Morgan fingerprint density at radius 2 is 0.936 bits per heavy atom. The number of rotatable bonds is 7. The van der Waals surface area contributed by atoms with Crippen LogP contribution in [0.25, 0.3) is 42.1 Å². The number of benzene rings is 7. The number of nitrogens with zero attached hydrogens (tertiary/aromatic N) is 1. The molecule has 0 aliphatic carbocycles. The summed E-state index contributed by atoms with van der Waals surface area (Å²) < 4.78 is 8.80. The van der Waals surface area contributed by atoms with Crippen molar-refractivity contribution in [1.29, 1.82) is 0 Å². The Kier molecular flexibility index (Phi) is 6.61. The van der Waals surface area contributed by atoms with Gasteiger partial charge in [0.2, 0.25) is 0 Å². The van der Waals surface area contributed by atoms with Crippen LogP contribution in [0.4, 0.5) is 39.8 Å². The number of furan rings is 1. The van der Waals surface area contributed by atoms with Gasteiger partial charge >= 0.3 is 0 Å². The smallest absolute Gasteiger partial charge is 0.135 e. The lowest BCUT2D eigenvalue weighted by Gasteiger charge is -2.27. The maximum atomic E-state index is 6.23. The first-order valence-corrected chi connectivity index (χ1v) is 16.5. The van der Waals surface area contributed by atoms with Crippen molar-refractivity contribution in [2.45, 2.75) is 0 Å². The standard InChI is InChI=1S/C42H29N3OS/c1-3-11-28(12-4-1)43-30-23-31(44-29-13-5-2-6-14-29)25-34(24-30)45(32-19-21-40-37(26-32)35-15-7-9-17-39(35)46-40)33-20-22-42-38(27-33)36-16-8-10-18-41(36)47-42/h1-27,43-44H. The Bertz CT molecular complexity index is 2360. The van der Waals surface area contributed by atoms with E-state index in [4.69, 9.17) is 4.42 Å². The highest BCUT2D eigenvalue weighted by Crippen LogP contribution is 2.44. The first-order valence-electron chi connectivity index (χ1n) is 15.7. The molecule has 0 aliphatic heterocycles. The lowest BCUT2D eigenvalue weighted by molar-refractivity contribution is 0.669. The van der Waals surface area contributed by atoms with Crippen molar-refractivity contribution in [3.8, 4) is 0 Å². The van der Waals surface area contributed by atoms with Crippen molar-refractivity contribution in [2.75, 3.05) is 15.5 Å². The molecule has 9 aromatic rings. The van der Waals surface area contributed by atoms with Gasteiger partial charge in [-0.3, -0.25) is 0 Å². The normalized spacial score (nSPS) is 11.4. The van der Waals surface area contributed by atoms with Gasteiger partial charge in [-0.25, -0.2) is 0 Å². The maximum absolute atomic E-state index is 6.23. The van der Waals surface area contributed by atoms with Gasteiger partial charge in [0.1, 0.15) is 11.2 Å². The summed E-state index contributed by atoms with van der Waals surface area (Å²) in [5.41, 5.74) is 8.93. The van der Waals surface area contributed by atoms with Crippen LogP contribution in [0.1, 0.15) is 0 Å². The fraction of sp³-hybridized carbons (Fsp3) is 0. The number of anilines is 7. The number of hydrogen-bond donors (Lipinski definition) is 2. The topological polar surface area (TPSA) is 40.4 Å². The van der Waals surface area contributed by atoms with Crippen LogP contribution in [-0.2, 0) is 0 Å². The van der Waals surface area contributed by atoms with Gasteiger partial charge in [-0.1, -0.05) is 72.8 Å². The van der Waals surface area contributed by atoms with Crippen molar-refractivity contribution in [1.82, 2.24) is 0 Å². The van der Waals surface area contributed by atoms with Gasteiger partial charge in [-0.2, -0.15) is 0 Å². The summed E-state index contributed by atoms with van der Waals surface area (Å²) in [6, 6.07) is 57.4. The molecular formula is C42H29N3OS. The van der Waals surface area contributed by atoms with Crippen LogP contribution < -0.4 is 15.5 Å². The zero-order valence-corrected chi connectivity index (χ0v) is 26.2. The summed E-state index contributed by atoms with van der Waals surface area (Å²) in [7, 11) is 0. The Labute approximate surface area is 276 Å². The number of nitrogens with one attached hydrogen (secondary N) is 2. The average Bonchev–Trinajstić information content (AvgIpc) is 3.67. The number of para-hydroxylation sites is 3. The highest BCUT2D eigenvalue weighted by atomic mass is 32.1. The van der Waals surface area contributed by atoms with Crippen molar-refractivity contribution in [3.05, 3.63) is 164 Å². The molecule has 5 heteroatoms. The molecule has 0 fully saturated rings. The summed E-state index contributed by atoms with van der Waals surface area (Å²) >= 11 is 1.83. The molecule has 224 valence electrons. The highest BCUT2D eigenvalue weighted by molar-refractivity contribution is 7.25. The third kappa shape index (κ3) is 5.13. The second-order valence-corrected chi connectivity index (χ2v) is 12.7. The van der Waals surface area contributed by atoms with Crippen LogP contribution in [0, 0.1) is 0 Å². The molecule has 0 aliphatic rings. The second kappa shape index (κ2) is 11.4. The van der Waals surface area contributed by atoms with E-state index in [2.05, 4.69) is 131 Å². The van der Waals surface area contributed by atoms with Gasteiger partial charge in [0, 0.05) is 65.1 Å². The predicted molar refractivity (Wildman–Crippen MR) is 201 cm³/mol. The van der Waals surface area contributed by atoms with Crippen LogP contribution in [0.5, 0.6) is 0 Å². The molecule has 47 heavy (non-hydrogen) atoms. The zero-order valence-electron chi connectivity index (χ0n) is 25.4. The van der Waals surface area contributed by atoms with Crippen LogP contribution in [0.15, 0.2) is 168 Å². The Balaban J connectivity index is 1.27. The van der Waals surface area contributed by atoms with Crippen molar-refractivity contribution in [2.24, 2.45) is 0 Å². The number of fused-ring (bicyclic) bond motifs is 6. The van der Waals surface area contributed by atoms with E-state index >= 15 is 0 Å². The molecule has 0 radical (unpaired) electrons. The predicted octanol–water partition coefficient (Wildman–Crippen LogP) is 12.9. The molecular weight excluding hydrogens is 595 g/mol. The molecule has 0 spiro atoms. The van der Waals surface area contributed by atoms with Crippen molar-refractivity contribution >= 4 is 93.3 Å². The molecule has 4 nitrogen and oxygen atoms in total. The highest BCUT2D eigenvalue weighted by Gasteiger charge is 2.18. The molecule has 0 saturated carbocycles. The maximum Gasteiger partial charge on any atom is 0.135 e. The number of hydrogen-bond acceptors (Lipinski definition) is 5. The minimum atomic E-state index is 0.875. The minimum Gasteiger partial charge on any atom is -0.456 e. The van der Waals surface area contributed by atoms with E-state index in [1.807, 2.05) is 59.9 Å². The number of thiophene rings is 1. The van der Waals surface area contributed by atoms with Gasteiger partial charge < -0.3 is 20.0 Å². The van der Waals surface area contributed by atoms with E-state index in [1.54, 1.807) is 0 Å². The van der Waals surface area contributed by atoms with E-state index in [1.165, 1.54) is 20.2 Å². The molecule has 0 atom stereocenters. The van der Waals surface area contributed by atoms with Crippen molar-refractivity contribution in [3.63, 3.8) is 0 Å². The monoisotopic (exact) mass is 623 g/mol. The lowest BCUT2D eigenvalue weighted by Crippen LogP contribution is -2.11. The first kappa shape index (κ1) is 27.3. The van der Waals surface area contributed by atoms with Crippen molar-refractivity contribution < 1.29 is 4.42 Å². The molecule has 2 N–H and O–H groups in total. The van der Waals surface area contributed by atoms with E-state index in [-0.39, 0.29) is 0 Å². The van der Waals surface area contributed by atoms with Gasteiger partial charge in [-0.15, -0.1) is 11.3 Å². The summed E-state index contributed by atoms with van der Waals surface area (Å²) in [5, 5.41) is 12.0. The lowest BCUT2D eigenvalue weighted by atomic mass is 10.1.